The number of hydrogen-bond donors (Lipinski definition) is 2. The Bertz CT molecular complexity index is 1030. The smallest absolute Gasteiger partial charge is 0.257 e. The molecule has 3 aromatic rings. The maximum atomic E-state index is 12.8. The molecule has 0 atom stereocenters. The molecule has 3 aromatic carbocycles. The number of amides is 2. The molecule has 2 N–H and O–H groups in total. The number of para-hydroxylation sites is 1. The van der Waals surface area contributed by atoms with E-state index in [4.69, 9.17) is 4.74 Å². The van der Waals surface area contributed by atoms with Crippen molar-refractivity contribution in [2.75, 3.05) is 17.7 Å². The lowest BCUT2D eigenvalue weighted by Gasteiger charge is -2.13. The van der Waals surface area contributed by atoms with Crippen LogP contribution in [0.15, 0.2) is 66.7 Å². The molecule has 0 aliphatic rings. The molecule has 0 unspecified atom stereocenters. The number of carbonyl (C=O) groups excluding carboxylic acids is 2. The van der Waals surface area contributed by atoms with Gasteiger partial charge in [-0.1, -0.05) is 35.9 Å². The summed E-state index contributed by atoms with van der Waals surface area (Å²) in [5, 5.41) is 5.69. The number of anilines is 2. The molecule has 0 saturated carbocycles. The second-order valence-electron chi connectivity index (χ2n) is 6.50. The van der Waals surface area contributed by atoms with Crippen LogP contribution in [0.5, 0.6) is 5.75 Å². The van der Waals surface area contributed by atoms with Crippen LogP contribution in [0.2, 0.25) is 0 Å². The quantitative estimate of drug-likeness (QED) is 0.673. The lowest BCUT2D eigenvalue weighted by molar-refractivity contribution is 0.102. The van der Waals surface area contributed by atoms with Crippen LogP contribution in [0, 0.1) is 13.8 Å². The maximum Gasteiger partial charge on any atom is 0.257 e. The Morgan fingerprint density at radius 2 is 1.54 bits per heavy atom. The van der Waals surface area contributed by atoms with Gasteiger partial charge >= 0.3 is 0 Å². The zero-order chi connectivity index (χ0) is 20.1. The number of rotatable bonds is 5. The number of methoxy groups -OCH3 is 1. The van der Waals surface area contributed by atoms with Gasteiger partial charge in [0.15, 0.2) is 0 Å². The summed E-state index contributed by atoms with van der Waals surface area (Å²) in [6.45, 7) is 3.87. The van der Waals surface area contributed by atoms with Gasteiger partial charge in [0.05, 0.1) is 18.4 Å². The number of ether oxygens (including phenoxy) is 1. The van der Waals surface area contributed by atoms with E-state index in [1.807, 2.05) is 26.0 Å². The van der Waals surface area contributed by atoms with Gasteiger partial charge in [0.2, 0.25) is 0 Å². The topological polar surface area (TPSA) is 67.4 Å². The van der Waals surface area contributed by atoms with Gasteiger partial charge in [-0.3, -0.25) is 9.59 Å². The molecule has 0 spiro atoms. The molecule has 0 radical (unpaired) electrons. The standard InChI is InChI=1S/C23H22N2O3/c1-15-11-12-19(16(2)13-15)22(26)25-21-10-5-4-9-20(21)23(27)24-17-7-6-8-18(14-17)28-3/h4-14H,1-3H3,(H,24,27)(H,25,26). The van der Waals surface area contributed by atoms with E-state index in [0.717, 1.165) is 11.1 Å². The summed E-state index contributed by atoms with van der Waals surface area (Å²) >= 11 is 0. The summed E-state index contributed by atoms with van der Waals surface area (Å²) in [6, 6.07) is 19.7. The summed E-state index contributed by atoms with van der Waals surface area (Å²) in [5.41, 5.74) is 3.99. The van der Waals surface area contributed by atoms with Crippen LogP contribution in [0.4, 0.5) is 11.4 Å². The average molecular weight is 374 g/mol. The van der Waals surface area contributed by atoms with Crippen LogP contribution in [0.1, 0.15) is 31.8 Å². The van der Waals surface area contributed by atoms with E-state index in [1.165, 1.54) is 0 Å². The molecule has 0 aromatic heterocycles. The minimum atomic E-state index is -0.315. The first-order chi connectivity index (χ1) is 13.5. The van der Waals surface area contributed by atoms with E-state index in [9.17, 15) is 9.59 Å². The van der Waals surface area contributed by atoms with Gasteiger partial charge in [-0.25, -0.2) is 0 Å². The lowest BCUT2D eigenvalue weighted by Crippen LogP contribution is -2.19. The monoisotopic (exact) mass is 374 g/mol. The second-order valence-corrected chi connectivity index (χ2v) is 6.50. The minimum absolute atomic E-state index is 0.251. The Balaban J connectivity index is 1.82. The zero-order valence-corrected chi connectivity index (χ0v) is 16.1. The maximum absolute atomic E-state index is 12.8. The number of nitrogens with one attached hydrogen (secondary N) is 2. The van der Waals surface area contributed by atoms with Crippen molar-refractivity contribution < 1.29 is 14.3 Å². The summed E-state index contributed by atoms with van der Waals surface area (Å²) in [6.07, 6.45) is 0. The first kappa shape index (κ1) is 19.2. The number of benzene rings is 3. The molecular formula is C23H22N2O3. The SMILES string of the molecule is COc1cccc(NC(=O)c2ccccc2NC(=O)c2ccc(C)cc2C)c1. The van der Waals surface area contributed by atoms with Crippen molar-refractivity contribution in [1.29, 1.82) is 0 Å². The van der Waals surface area contributed by atoms with Crippen LogP contribution >= 0.6 is 0 Å². The van der Waals surface area contributed by atoms with Crippen molar-refractivity contribution in [2.24, 2.45) is 0 Å². The predicted molar refractivity (Wildman–Crippen MR) is 111 cm³/mol. The molecule has 5 heteroatoms. The fourth-order valence-electron chi connectivity index (χ4n) is 2.95. The van der Waals surface area contributed by atoms with Gasteiger partial charge < -0.3 is 15.4 Å². The van der Waals surface area contributed by atoms with Crippen LogP contribution < -0.4 is 15.4 Å². The molecule has 5 nitrogen and oxygen atoms in total. The van der Waals surface area contributed by atoms with Crippen LogP contribution in [0.25, 0.3) is 0 Å². The average Bonchev–Trinajstić information content (AvgIpc) is 2.68. The third-order valence-corrected chi connectivity index (χ3v) is 4.37. The van der Waals surface area contributed by atoms with Crippen molar-refractivity contribution in [3.05, 3.63) is 89.0 Å². The van der Waals surface area contributed by atoms with E-state index in [-0.39, 0.29) is 11.8 Å². The highest BCUT2D eigenvalue weighted by Crippen LogP contribution is 2.21. The molecule has 0 heterocycles. The molecule has 2 amide bonds. The molecule has 0 aliphatic heterocycles. The summed E-state index contributed by atoms with van der Waals surface area (Å²) < 4.78 is 5.18. The van der Waals surface area contributed by atoms with Gasteiger partial charge in [0.1, 0.15) is 5.75 Å². The van der Waals surface area contributed by atoms with Crippen molar-refractivity contribution in [2.45, 2.75) is 13.8 Å². The Hall–Kier alpha value is -3.60. The number of hydrogen-bond acceptors (Lipinski definition) is 3. The van der Waals surface area contributed by atoms with Gasteiger partial charge in [-0.15, -0.1) is 0 Å². The molecule has 28 heavy (non-hydrogen) atoms. The highest BCUT2D eigenvalue weighted by atomic mass is 16.5. The highest BCUT2D eigenvalue weighted by molar-refractivity contribution is 6.12. The first-order valence-electron chi connectivity index (χ1n) is 8.91. The lowest BCUT2D eigenvalue weighted by atomic mass is 10.0. The van der Waals surface area contributed by atoms with Crippen LogP contribution in [-0.4, -0.2) is 18.9 Å². The van der Waals surface area contributed by atoms with Crippen molar-refractivity contribution in [3.63, 3.8) is 0 Å². The Kier molecular flexibility index (Phi) is 5.75. The first-order valence-corrected chi connectivity index (χ1v) is 8.91. The molecular weight excluding hydrogens is 352 g/mol. The summed E-state index contributed by atoms with van der Waals surface area (Å²) in [4.78, 5) is 25.5. The van der Waals surface area contributed by atoms with E-state index in [2.05, 4.69) is 10.6 Å². The normalized spacial score (nSPS) is 10.2. The van der Waals surface area contributed by atoms with E-state index >= 15 is 0 Å². The zero-order valence-electron chi connectivity index (χ0n) is 16.1. The summed E-state index contributed by atoms with van der Waals surface area (Å²) in [7, 11) is 1.57. The largest absolute Gasteiger partial charge is 0.497 e. The molecule has 0 saturated heterocycles. The Morgan fingerprint density at radius 1 is 0.786 bits per heavy atom. The van der Waals surface area contributed by atoms with Gasteiger partial charge in [-0.2, -0.15) is 0 Å². The predicted octanol–water partition coefficient (Wildman–Crippen LogP) is 4.82. The van der Waals surface area contributed by atoms with Crippen molar-refractivity contribution >= 4 is 23.2 Å². The molecule has 0 aliphatic carbocycles. The molecule has 0 fully saturated rings. The number of carbonyl (C=O) groups is 2. The van der Waals surface area contributed by atoms with Crippen molar-refractivity contribution in [1.82, 2.24) is 0 Å². The van der Waals surface area contributed by atoms with Crippen LogP contribution in [0.3, 0.4) is 0 Å². The fraction of sp³-hybridized carbons (Fsp3) is 0.130. The second kappa shape index (κ2) is 8.39. The number of aryl methyl sites for hydroxylation is 2. The molecule has 3 rings (SSSR count). The van der Waals surface area contributed by atoms with E-state index < -0.39 is 0 Å². The Morgan fingerprint density at radius 3 is 2.29 bits per heavy atom. The van der Waals surface area contributed by atoms with Gasteiger partial charge in [0, 0.05) is 17.3 Å². The third kappa shape index (κ3) is 4.38. The fourth-order valence-corrected chi connectivity index (χ4v) is 2.95. The van der Waals surface area contributed by atoms with Gasteiger partial charge in [-0.05, 0) is 49.7 Å². The van der Waals surface area contributed by atoms with E-state index in [0.29, 0.717) is 28.3 Å². The molecule has 0 bridgehead atoms. The molecule has 142 valence electrons. The highest BCUT2D eigenvalue weighted by Gasteiger charge is 2.15. The van der Waals surface area contributed by atoms with Gasteiger partial charge in [0.25, 0.3) is 11.8 Å². The van der Waals surface area contributed by atoms with Crippen LogP contribution in [-0.2, 0) is 0 Å². The minimum Gasteiger partial charge on any atom is -0.497 e. The summed E-state index contributed by atoms with van der Waals surface area (Å²) in [5.74, 6) is 0.0816. The van der Waals surface area contributed by atoms with E-state index in [1.54, 1.807) is 61.7 Å². The third-order valence-electron chi connectivity index (χ3n) is 4.37. The Labute approximate surface area is 164 Å². The van der Waals surface area contributed by atoms with Crippen molar-refractivity contribution in [3.8, 4) is 5.75 Å².